The SMILES string of the molecule is CCC(CC)(NC(=O)CCc1nc(C(C)(C)C)no1)c1ccc(Cl)cc1. The highest BCUT2D eigenvalue weighted by Gasteiger charge is 2.30. The van der Waals surface area contributed by atoms with Crippen molar-refractivity contribution in [2.75, 3.05) is 0 Å². The first-order valence-electron chi connectivity index (χ1n) is 9.10. The van der Waals surface area contributed by atoms with Crippen LogP contribution in [0, 0.1) is 0 Å². The van der Waals surface area contributed by atoms with Crippen molar-refractivity contribution >= 4 is 17.5 Å². The van der Waals surface area contributed by atoms with Crippen LogP contribution in [0.1, 0.15) is 71.2 Å². The fourth-order valence-electron chi connectivity index (χ4n) is 2.89. The van der Waals surface area contributed by atoms with Crippen molar-refractivity contribution in [3.8, 4) is 0 Å². The number of hydrogen-bond acceptors (Lipinski definition) is 4. The molecule has 6 heteroatoms. The van der Waals surface area contributed by atoms with Crippen LogP contribution in [0.25, 0.3) is 0 Å². The Morgan fingerprint density at radius 3 is 2.27 bits per heavy atom. The lowest BCUT2D eigenvalue weighted by Crippen LogP contribution is -2.45. The van der Waals surface area contributed by atoms with Crippen LogP contribution in [0.15, 0.2) is 28.8 Å². The number of amides is 1. The molecule has 1 aromatic heterocycles. The van der Waals surface area contributed by atoms with E-state index in [0.29, 0.717) is 29.6 Å². The number of hydrogen-bond donors (Lipinski definition) is 1. The van der Waals surface area contributed by atoms with Crippen molar-refractivity contribution in [1.82, 2.24) is 15.5 Å². The molecule has 1 N–H and O–H groups in total. The van der Waals surface area contributed by atoms with E-state index >= 15 is 0 Å². The zero-order valence-electron chi connectivity index (χ0n) is 16.2. The molecule has 0 saturated carbocycles. The standard InChI is InChI=1S/C20H28ClN3O2/c1-6-20(7-2,14-8-10-15(21)11-9-14)23-16(25)12-13-17-22-18(24-26-17)19(3,4)5/h8-11H,6-7,12-13H2,1-5H3,(H,23,25). The van der Waals surface area contributed by atoms with Crippen molar-refractivity contribution in [1.29, 1.82) is 0 Å². The molecule has 2 rings (SSSR count). The fraction of sp³-hybridized carbons (Fsp3) is 0.550. The smallest absolute Gasteiger partial charge is 0.227 e. The second kappa shape index (κ2) is 8.21. The van der Waals surface area contributed by atoms with E-state index in [0.717, 1.165) is 18.4 Å². The van der Waals surface area contributed by atoms with E-state index in [2.05, 4.69) is 29.3 Å². The molecule has 142 valence electrons. The zero-order chi connectivity index (χ0) is 19.4. The molecular weight excluding hydrogens is 350 g/mol. The van der Waals surface area contributed by atoms with Gasteiger partial charge in [-0.25, -0.2) is 0 Å². The topological polar surface area (TPSA) is 68.0 Å². The summed E-state index contributed by atoms with van der Waals surface area (Å²) in [6.45, 7) is 10.2. The quantitative estimate of drug-likeness (QED) is 0.753. The van der Waals surface area contributed by atoms with Crippen LogP contribution in [-0.4, -0.2) is 16.0 Å². The van der Waals surface area contributed by atoms with Crippen molar-refractivity contribution in [3.05, 3.63) is 46.6 Å². The lowest BCUT2D eigenvalue weighted by molar-refractivity contribution is -0.123. The molecule has 0 aliphatic heterocycles. The van der Waals surface area contributed by atoms with E-state index in [1.165, 1.54) is 0 Å². The highest BCUT2D eigenvalue weighted by Crippen LogP contribution is 2.30. The van der Waals surface area contributed by atoms with Gasteiger partial charge in [-0.15, -0.1) is 0 Å². The average Bonchev–Trinajstić information content (AvgIpc) is 3.08. The first-order chi connectivity index (χ1) is 12.2. The first-order valence-corrected chi connectivity index (χ1v) is 9.48. The lowest BCUT2D eigenvalue weighted by atomic mass is 9.84. The van der Waals surface area contributed by atoms with E-state index in [9.17, 15) is 4.79 Å². The minimum absolute atomic E-state index is 0.0286. The molecule has 0 bridgehead atoms. The molecule has 0 atom stereocenters. The normalized spacial score (nSPS) is 12.2. The van der Waals surface area contributed by atoms with E-state index in [1.807, 2.05) is 45.0 Å². The van der Waals surface area contributed by atoms with Crippen LogP contribution in [0.2, 0.25) is 5.02 Å². The van der Waals surface area contributed by atoms with Crippen LogP contribution in [0.3, 0.4) is 0 Å². The number of benzene rings is 1. The maximum absolute atomic E-state index is 12.6. The van der Waals surface area contributed by atoms with Crippen molar-refractivity contribution in [3.63, 3.8) is 0 Å². The largest absolute Gasteiger partial charge is 0.347 e. The summed E-state index contributed by atoms with van der Waals surface area (Å²) >= 11 is 5.99. The average molecular weight is 378 g/mol. The molecule has 1 amide bonds. The Labute approximate surface area is 160 Å². The van der Waals surface area contributed by atoms with Crippen molar-refractivity contribution < 1.29 is 9.32 Å². The molecule has 0 spiro atoms. The Kier molecular flexibility index (Phi) is 6.45. The van der Waals surface area contributed by atoms with Gasteiger partial charge in [-0.2, -0.15) is 4.98 Å². The highest BCUT2D eigenvalue weighted by atomic mass is 35.5. The number of carbonyl (C=O) groups excluding carboxylic acids is 1. The molecule has 2 aromatic rings. The number of aryl methyl sites for hydroxylation is 1. The third-order valence-electron chi connectivity index (χ3n) is 4.69. The number of nitrogens with zero attached hydrogens (tertiary/aromatic N) is 2. The highest BCUT2D eigenvalue weighted by molar-refractivity contribution is 6.30. The van der Waals surface area contributed by atoms with Gasteiger partial charge in [0.05, 0.1) is 5.54 Å². The van der Waals surface area contributed by atoms with Gasteiger partial charge in [0.15, 0.2) is 5.82 Å². The zero-order valence-corrected chi connectivity index (χ0v) is 17.0. The number of rotatable bonds is 7. The summed E-state index contributed by atoms with van der Waals surface area (Å²) in [6, 6.07) is 7.66. The summed E-state index contributed by atoms with van der Waals surface area (Å²) < 4.78 is 5.27. The second-order valence-corrected chi connectivity index (χ2v) is 8.04. The van der Waals surface area contributed by atoms with E-state index in [4.69, 9.17) is 16.1 Å². The van der Waals surface area contributed by atoms with Crippen LogP contribution in [0.5, 0.6) is 0 Å². The van der Waals surface area contributed by atoms with E-state index < -0.39 is 5.54 Å². The molecule has 0 fully saturated rings. The first kappa shape index (κ1) is 20.4. The van der Waals surface area contributed by atoms with Crippen molar-refractivity contribution in [2.24, 2.45) is 0 Å². The van der Waals surface area contributed by atoms with Crippen LogP contribution in [-0.2, 0) is 22.2 Å². The number of halogens is 1. The maximum Gasteiger partial charge on any atom is 0.227 e. The third kappa shape index (κ3) is 4.85. The molecule has 0 unspecified atom stereocenters. The third-order valence-corrected chi connectivity index (χ3v) is 4.94. The minimum atomic E-state index is -0.396. The lowest BCUT2D eigenvalue weighted by Gasteiger charge is -2.33. The van der Waals surface area contributed by atoms with Gasteiger partial charge in [-0.1, -0.05) is 63.5 Å². The van der Waals surface area contributed by atoms with E-state index in [-0.39, 0.29) is 11.3 Å². The molecule has 0 radical (unpaired) electrons. The van der Waals surface area contributed by atoms with E-state index in [1.54, 1.807) is 0 Å². The molecule has 0 saturated heterocycles. The molecule has 1 heterocycles. The summed E-state index contributed by atoms with van der Waals surface area (Å²) in [5.41, 5.74) is 0.499. The van der Waals surface area contributed by atoms with Crippen LogP contribution >= 0.6 is 11.6 Å². The molecule has 1 aromatic carbocycles. The Bertz CT molecular complexity index is 728. The van der Waals surface area contributed by atoms with Crippen molar-refractivity contribution in [2.45, 2.75) is 71.3 Å². The Hall–Kier alpha value is -1.88. The summed E-state index contributed by atoms with van der Waals surface area (Å²) in [5.74, 6) is 1.12. The molecular formula is C20H28ClN3O2. The summed E-state index contributed by atoms with van der Waals surface area (Å²) in [4.78, 5) is 17.0. The second-order valence-electron chi connectivity index (χ2n) is 7.61. The van der Waals surface area contributed by atoms with Crippen LogP contribution in [0.4, 0.5) is 0 Å². The molecule has 26 heavy (non-hydrogen) atoms. The van der Waals surface area contributed by atoms with Gasteiger partial charge < -0.3 is 9.84 Å². The van der Waals surface area contributed by atoms with Gasteiger partial charge in [0.25, 0.3) is 0 Å². The molecule has 0 aliphatic rings. The van der Waals surface area contributed by atoms with Gasteiger partial charge in [-0.3, -0.25) is 4.79 Å². The monoisotopic (exact) mass is 377 g/mol. The van der Waals surface area contributed by atoms with Gasteiger partial charge in [0, 0.05) is 23.3 Å². The molecule has 0 aliphatic carbocycles. The Morgan fingerprint density at radius 1 is 1.15 bits per heavy atom. The summed E-state index contributed by atoms with van der Waals surface area (Å²) in [6.07, 6.45) is 2.33. The minimum Gasteiger partial charge on any atom is -0.347 e. The Balaban J connectivity index is 2.04. The van der Waals surface area contributed by atoms with Gasteiger partial charge in [-0.05, 0) is 30.5 Å². The molecule has 5 nitrogen and oxygen atoms in total. The Morgan fingerprint density at radius 2 is 1.77 bits per heavy atom. The number of carbonyl (C=O) groups is 1. The van der Waals surface area contributed by atoms with Gasteiger partial charge in [0.1, 0.15) is 0 Å². The maximum atomic E-state index is 12.6. The van der Waals surface area contributed by atoms with Gasteiger partial charge >= 0.3 is 0 Å². The number of aromatic nitrogens is 2. The predicted molar refractivity (Wildman–Crippen MR) is 103 cm³/mol. The summed E-state index contributed by atoms with van der Waals surface area (Å²) in [5, 5.41) is 7.89. The van der Waals surface area contributed by atoms with Crippen LogP contribution < -0.4 is 5.32 Å². The number of nitrogens with one attached hydrogen (secondary N) is 1. The fourth-order valence-corrected chi connectivity index (χ4v) is 3.01. The predicted octanol–water partition coefficient (Wildman–Crippen LogP) is 4.78. The summed E-state index contributed by atoms with van der Waals surface area (Å²) in [7, 11) is 0. The van der Waals surface area contributed by atoms with Gasteiger partial charge in [0.2, 0.25) is 11.8 Å².